The van der Waals surface area contributed by atoms with Gasteiger partial charge in [-0.2, -0.15) is 0 Å². The summed E-state index contributed by atoms with van der Waals surface area (Å²) in [5, 5.41) is 9.97. The van der Waals surface area contributed by atoms with E-state index >= 15 is 0 Å². The molecule has 2 aromatic carbocycles. The second kappa shape index (κ2) is 5.51. The molecule has 0 radical (unpaired) electrons. The smallest absolute Gasteiger partial charge is 0.339 e. The Balaban J connectivity index is 2.42. The van der Waals surface area contributed by atoms with E-state index in [2.05, 4.69) is 0 Å². The predicted octanol–water partition coefficient (Wildman–Crippen LogP) is 4.79. The van der Waals surface area contributed by atoms with Crippen molar-refractivity contribution in [3.05, 3.63) is 57.6 Å². The summed E-state index contributed by atoms with van der Waals surface area (Å²) >= 11 is 11.9. The molecule has 0 amide bonds. The first-order valence-corrected chi connectivity index (χ1v) is 6.20. The van der Waals surface area contributed by atoms with Crippen LogP contribution in [0.4, 0.5) is 0 Å². The third kappa shape index (κ3) is 3.00. The number of halogens is 2. The number of carboxylic acids is 1. The summed E-state index contributed by atoms with van der Waals surface area (Å²) in [4.78, 5) is 11.1. The van der Waals surface area contributed by atoms with Gasteiger partial charge in [0.05, 0.1) is 5.02 Å². The van der Waals surface area contributed by atoms with Crippen LogP contribution in [0.1, 0.15) is 15.9 Å². The first-order valence-electron chi connectivity index (χ1n) is 5.45. The molecular weight excluding hydrogens is 287 g/mol. The lowest BCUT2D eigenvalue weighted by atomic mass is 10.2. The van der Waals surface area contributed by atoms with Crippen LogP contribution in [0.2, 0.25) is 10.0 Å². The van der Waals surface area contributed by atoms with E-state index in [1.54, 1.807) is 30.3 Å². The molecule has 0 unspecified atom stereocenters. The quantitative estimate of drug-likeness (QED) is 0.885. The lowest BCUT2D eigenvalue weighted by Crippen LogP contribution is -2.00. The zero-order chi connectivity index (χ0) is 14.0. The Kier molecular flexibility index (Phi) is 3.98. The van der Waals surface area contributed by atoms with E-state index in [1.807, 2.05) is 6.92 Å². The van der Waals surface area contributed by atoms with Crippen LogP contribution in [0.15, 0.2) is 36.4 Å². The highest BCUT2D eigenvalue weighted by atomic mass is 35.5. The van der Waals surface area contributed by atoms with Gasteiger partial charge in [0.1, 0.15) is 11.3 Å². The summed E-state index contributed by atoms with van der Waals surface area (Å²) in [7, 11) is 0. The van der Waals surface area contributed by atoms with Gasteiger partial charge in [-0.15, -0.1) is 0 Å². The Bertz CT molecular complexity index is 639. The van der Waals surface area contributed by atoms with E-state index in [9.17, 15) is 4.79 Å². The third-order valence-corrected chi connectivity index (χ3v) is 3.27. The monoisotopic (exact) mass is 296 g/mol. The van der Waals surface area contributed by atoms with Crippen LogP contribution in [0.25, 0.3) is 0 Å². The summed E-state index contributed by atoms with van der Waals surface area (Å²) in [5.41, 5.74) is 0.850. The van der Waals surface area contributed by atoms with Crippen molar-refractivity contribution in [3.63, 3.8) is 0 Å². The molecule has 0 saturated carbocycles. The number of carboxylic acid groups (broad SMARTS) is 1. The molecule has 0 aromatic heterocycles. The zero-order valence-electron chi connectivity index (χ0n) is 9.98. The van der Waals surface area contributed by atoms with E-state index in [1.165, 1.54) is 6.07 Å². The molecule has 98 valence electrons. The highest BCUT2D eigenvalue weighted by molar-refractivity contribution is 6.32. The van der Waals surface area contributed by atoms with Gasteiger partial charge in [-0.25, -0.2) is 4.79 Å². The van der Waals surface area contributed by atoms with Crippen molar-refractivity contribution in [2.45, 2.75) is 6.92 Å². The van der Waals surface area contributed by atoms with Crippen LogP contribution < -0.4 is 4.74 Å². The number of aromatic carboxylic acids is 1. The van der Waals surface area contributed by atoms with Crippen molar-refractivity contribution in [2.75, 3.05) is 0 Å². The molecule has 0 aliphatic carbocycles. The van der Waals surface area contributed by atoms with Gasteiger partial charge in [0.15, 0.2) is 5.75 Å². The van der Waals surface area contributed by atoms with Crippen LogP contribution in [-0.2, 0) is 0 Å². The average molecular weight is 297 g/mol. The lowest BCUT2D eigenvalue weighted by Gasteiger charge is -2.11. The minimum atomic E-state index is -1.09. The largest absolute Gasteiger partial charge is 0.478 e. The second-order valence-electron chi connectivity index (χ2n) is 3.93. The molecule has 1 N–H and O–H groups in total. The van der Waals surface area contributed by atoms with Crippen LogP contribution in [-0.4, -0.2) is 11.1 Å². The van der Waals surface area contributed by atoms with Gasteiger partial charge in [-0.05, 0) is 42.8 Å². The standard InChI is InChI=1S/C14H10Cl2O3/c1-8-7-9(5-6-11(8)15)19-13-10(14(17)18)3-2-4-12(13)16/h2-7H,1H3,(H,17,18). The molecule has 0 bridgehead atoms. The third-order valence-electron chi connectivity index (χ3n) is 2.55. The van der Waals surface area contributed by atoms with Crippen molar-refractivity contribution in [2.24, 2.45) is 0 Å². The van der Waals surface area contributed by atoms with Gasteiger partial charge in [-0.1, -0.05) is 29.3 Å². The Labute approximate surface area is 120 Å². The van der Waals surface area contributed by atoms with Crippen molar-refractivity contribution >= 4 is 29.2 Å². The highest BCUT2D eigenvalue weighted by Gasteiger charge is 2.15. The molecule has 0 atom stereocenters. The first kappa shape index (κ1) is 13.7. The number of hydrogen-bond donors (Lipinski definition) is 1. The maximum Gasteiger partial charge on any atom is 0.339 e. The number of para-hydroxylation sites is 1. The van der Waals surface area contributed by atoms with Gasteiger partial charge < -0.3 is 9.84 Å². The number of benzene rings is 2. The van der Waals surface area contributed by atoms with Crippen molar-refractivity contribution < 1.29 is 14.6 Å². The van der Waals surface area contributed by atoms with E-state index in [-0.39, 0.29) is 16.3 Å². The number of carbonyl (C=O) groups is 1. The molecule has 3 nitrogen and oxygen atoms in total. The van der Waals surface area contributed by atoms with E-state index in [0.717, 1.165) is 5.56 Å². The molecule has 0 saturated heterocycles. The van der Waals surface area contributed by atoms with Crippen molar-refractivity contribution in [1.29, 1.82) is 0 Å². The zero-order valence-corrected chi connectivity index (χ0v) is 11.5. The minimum absolute atomic E-state index is 0.0140. The molecule has 0 heterocycles. The van der Waals surface area contributed by atoms with Crippen molar-refractivity contribution in [3.8, 4) is 11.5 Å². The summed E-state index contributed by atoms with van der Waals surface area (Å²) in [5.74, 6) is -0.487. The van der Waals surface area contributed by atoms with Crippen LogP contribution in [0, 0.1) is 6.92 Å². The topological polar surface area (TPSA) is 46.5 Å². The Morgan fingerprint density at radius 1 is 1.16 bits per heavy atom. The summed E-state index contributed by atoms with van der Waals surface area (Å²) < 4.78 is 5.57. The summed E-state index contributed by atoms with van der Waals surface area (Å²) in [6.45, 7) is 1.83. The van der Waals surface area contributed by atoms with Gasteiger partial charge in [-0.3, -0.25) is 0 Å². The summed E-state index contributed by atoms with van der Waals surface area (Å²) in [6.07, 6.45) is 0. The minimum Gasteiger partial charge on any atom is -0.478 e. The Morgan fingerprint density at radius 2 is 1.89 bits per heavy atom. The lowest BCUT2D eigenvalue weighted by molar-refractivity contribution is 0.0694. The van der Waals surface area contributed by atoms with Crippen LogP contribution in [0.5, 0.6) is 11.5 Å². The first-order chi connectivity index (χ1) is 8.99. The summed E-state index contributed by atoms with van der Waals surface area (Å²) in [6, 6.07) is 9.63. The molecule has 0 aliphatic rings. The van der Waals surface area contributed by atoms with Crippen molar-refractivity contribution in [1.82, 2.24) is 0 Å². The maximum absolute atomic E-state index is 11.1. The number of aryl methyl sites for hydroxylation is 1. The SMILES string of the molecule is Cc1cc(Oc2c(Cl)cccc2C(=O)O)ccc1Cl. The number of rotatable bonds is 3. The normalized spacial score (nSPS) is 10.3. The average Bonchev–Trinajstić information content (AvgIpc) is 2.36. The predicted molar refractivity (Wildman–Crippen MR) is 74.7 cm³/mol. The van der Waals surface area contributed by atoms with Gasteiger partial charge in [0.25, 0.3) is 0 Å². The molecule has 0 aliphatic heterocycles. The fourth-order valence-electron chi connectivity index (χ4n) is 1.58. The second-order valence-corrected chi connectivity index (χ2v) is 4.75. The van der Waals surface area contributed by atoms with Crippen LogP contribution in [0.3, 0.4) is 0 Å². The van der Waals surface area contributed by atoms with E-state index in [4.69, 9.17) is 33.0 Å². The fourth-order valence-corrected chi connectivity index (χ4v) is 1.91. The van der Waals surface area contributed by atoms with Crippen LogP contribution >= 0.6 is 23.2 Å². The molecule has 5 heteroatoms. The molecule has 2 rings (SSSR count). The number of hydrogen-bond acceptors (Lipinski definition) is 2. The molecule has 2 aromatic rings. The van der Waals surface area contributed by atoms with Gasteiger partial charge >= 0.3 is 5.97 Å². The molecule has 0 fully saturated rings. The highest BCUT2D eigenvalue weighted by Crippen LogP contribution is 2.34. The van der Waals surface area contributed by atoms with E-state index < -0.39 is 5.97 Å². The van der Waals surface area contributed by atoms with Gasteiger partial charge in [0, 0.05) is 5.02 Å². The van der Waals surface area contributed by atoms with Gasteiger partial charge in [0.2, 0.25) is 0 Å². The molecular formula is C14H10Cl2O3. The fraction of sp³-hybridized carbons (Fsp3) is 0.0714. The Morgan fingerprint density at radius 3 is 2.53 bits per heavy atom. The maximum atomic E-state index is 11.1. The number of ether oxygens (including phenoxy) is 1. The molecule has 19 heavy (non-hydrogen) atoms. The molecule has 0 spiro atoms. The Hall–Kier alpha value is -1.71. The van der Waals surface area contributed by atoms with E-state index in [0.29, 0.717) is 10.8 Å².